The van der Waals surface area contributed by atoms with Gasteiger partial charge in [0, 0.05) is 6.04 Å². The molecule has 0 aromatic heterocycles. The molecule has 0 fully saturated rings. The van der Waals surface area contributed by atoms with E-state index in [9.17, 15) is 18.0 Å². The molecule has 0 heterocycles. The number of aliphatic carboxylic acids is 2. The maximum Gasteiger partial charge on any atom is 0.307 e. The summed E-state index contributed by atoms with van der Waals surface area (Å²) < 4.78 is 26.9. The Labute approximate surface area is 129 Å². The van der Waals surface area contributed by atoms with Gasteiger partial charge in [-0.15, -0.1) is 0 Å². The number of sulfonamides is 1. The van der Waals surface area contributed by atoms with Crippen LogP contribution in [-0.2, 0) is 26.0 Å². The molecule has 7 nitrogen and oxygen atoms in total. The van der Waals surface area contributed by atoms with Gasteiger partial charge < -0.3 is 10.2 Å². The molecule has 0 aliphatic heterocycles. The zero-order chi connectivity index (χ0) is 16.9. The van der Waals surface area contributed by atoms with Crippen LogP contribution in [-0.4, -0.2) is 36.6 Å². The van der Waals surface area contributed by atoms with Crippen molar-refractivity contribution in [1.82, 2.24) is 4.72 Å². The van der Waals surface area contributed by atoms with Crippen molar-refractivity contribution in [3.8, 4) is 0 Å². The van der Waals surface area contributed by atoms with E-state index in [2.05, 4.69) is 4.72 Å². The Hall–Kier alpha value is -1.93. The van der Waals surface area contributed by atoms with Gasteiger partial charge in [-0.25, -0.2) is 13.1 Å². The molecule has 0 saturated carbocycles. The Bertz CT molecular complexity index is 636. The second kappa shape index (κ2) is 7.37. The third-order valence-electron chi connectivity index (χ3n) is 3.09. The van der Waals surface area contributed by atoms with Crippen molar-refractivity contribution in [2.24, 2.45) is 5.92 Å². The largest absolute Gasteiger partial charge is 0.481 e. The van der Waals surface area contributed by atoms with Gasteiger partial charge in [0.05, 0.1) is 17.7 Å². The van der Waals surface area contributed by atoms with Gasteiger partial charge in [-0.2, -0.15) is 0 Å². The minimum absolute atomic E-state index is 0.0299. The van der Waals surface area contributed by atoms with Gasteiger partial charge in [0.2, 0.25) is 10.0 Å². The highest BCUT2D eigenvalue weighted by molar-refractivity contribution is 7.89. The van der Waals surface area contributed by atoms with Crippen LogP contribution >= 0.6 is 0 Å². The summed E-state index contributed by atoms with van der Waals surface area (Å²) in [4.78, 5) is 21.4. The topological polar surface area (TPSA) is 121 Å². The molecule has 0 saturated heterocycles. The number of nitrogens with one attached hydrogen (secondary N) is 1. The van der Waals surface area contributed by atoms with Gasteiger partial charge in [0.1, 0.15) is 0 Å². The Morgan fingerprint density at radius 1 is 1.09 bits per heavy atom. The van der Waals surface area contributed by atoms with Gasteiger partial charge in [0.25, 0.3) is 0 Å². The van der Waals surface area contributed by atoms with Crippen molar-refractivity contribution >= 4 is 22.0 Å². The fourth-order valence-corrected chi connectivity index (χ4v) is 3.21. The fourth-order valence-electron chi connectivity index (χ4n) is 1.83. The number of hydrogen-bond donors (Lipinski definition) is 3. The van der Waals surface area contributed by atoms with E-state index in [4.69, 9.17) is 10.2 Å². The molecule has 8 heteroatoms. The molecule has 122 valence electrons. The van der Waals surface area contributed by atoms with Crippen molar-refractivity contribution in [2.75, 3.05) is 0 Å². The summed E-state index contributed by atoms with van der Waals surface area (Å²) in [6, 6.07) is 4.73. The number of benzene rings is 1. The van der Waals surface area contributed by atoms with Crippen molar-refractivity contribution in [3.05, 3.63) is 29.8 Å². The van der Waals surface area contributed by atoms with Gasteiger partial charge in [-0.3, -0.25) is 9.59 Å². The molecule has 0 amide bonds. The van der Waals surface area contributed by atoms with E-state index in [0.29, 0.717) is 5.56 Å². The van der Waals surface area contributed by atoms with Crippen molar-refractivity contribution < 1.29 is 28.2 Å². The van der Waals surface area contributed by atoms with E-state index < -0.39 is 28.0 Å². The summed E-state index contributed by atoms with van der Waals surface area (Å²) in [7, 11) is -3.86. The number of carboxylic acids is 2. The van der Waals surface area contributed by atoms with Crippen molar-refractivity contribution in [2.45, 2.75) is 37.6 Å². The molecule has 1 rings (SSSR count). The Morgan fingerprint density at radius 2 is 1.64 bits per heavy atom. The summed E-state index contributed by atoms with van der Waals surface area (Å²) >= 11 is 0. The first-order chi connectivity index (χ1) is 10.1. The fraction of sp³-hybridized carbons (Fsp3) is 0.429. The Balaban J connectivity index is 2.93. The molecule has 1 aromatic carbocycles. The smallest absolute Gasteiger partial charge is 0.307 e. The molecule has 0 aliphatic rings. The van der Waals surface area contributed by atoms with Crippen LogP contribution in [0.2, 0.25) is 0 Å². The average Bonchev–Trinajstić information content (AvgIpc) is 2.36. The van der Waals surface area contributed by atoms with Gasteiger partial charge >= 0.3 is 11.9 Å². The minimum Gasteiger partial charge on any atom is -0.481 e. The Morgan fingerprint density at radius 3 is 2.05 bits per heavy atom. The summed E-state index contributed by atoms with van der Waals surface area (Å²) in [6.45, 7) is 3.46. The first-order valence-electron chi connectivity index (χ1n) is 6.66. The van der Waals surface area contributed by atoms with Crippen LogP contribution in [0.1, 0.15) is 25.8 Å². The second-order valence-corrected chi connectivity index (χ2v) is 7.00. The molecule has 0 radical (unpaired) electrons. The maximum atomic E-state index is 12.2. The van der Waals surface area contributed by atoms with E-state index in [1.54, 1.807) is 13.8 Å². The van der Waals surface area contributed by atoms with Crippen LogP contribution in [0.15, 0.2) is 29.2 Å². The van der Waals surface area contributed by atoms with E-state index in [1.807, 2.05) is 0 Å². The summed E-state index contributed by atoms with van der Waals surface area (Å²) in [5, 5.41) is 17.5. The van der Waals surface area contributed by atoms with Gasteiger partial charge in [-0.1, -0.05) is 26.0 Å². The highest BCUT2D eigenvalue weighted by Crippen LogP contribution is 2.15. The molecule has 0 unspecified atom stereocenters. The maximum absolute atomic E-state index is 12.2. The predicted octanol–water partition coefficient (Wildman–Crippen LogP) is 1.09. The lowest BCUT2D eigenvalue weighted by Gasteiger charge is -2.20. The first-order valence-corrected chi connectivity index (χ1v) is 8.15. The minimum atomic E-state index is -3.86. The molecule has 0 bridgehead atoms. The standard InChI is InChI=1S/C14H19NO6S/c1-9(2)12(8-14(18)19)15-22(20,21)11-5-3-10(4-6-11)7-13(16)17/h3-6,9,12,15H,7-8H2,1-2H3,(H,16,17)(H,18,19)/t12-/m1/s1. The zero-order valence-corrected chi connectivity index (χ0v) is 13.1. The highest BCUT2D eigenvalue weighted by atomic mass is 32.2. The van der Waals surface area contributed by atoms with Crippen LogP contribution < -0.4 is 4.72 Å². The molecule has 1 atom stereocenters. The van der Waals surface area contributed by atoms with E-state index in [-0.39, 0.29) is 23.7 Å². The van der Waals surface area contributed by atoms with Crippen molar-refractivity contribution in [1.29, 1.82) is 0 Å². The molecule has 0 aliphatic carbocycles. The third kappa shape index (κ3) is 5.45. The van der Waals surface area contributed by atoms with Crippen LogP contribution in [0, 0.1) is 5.92 Å². The lowest BCUT2D eigenvalue weighted by Crippen LogP contribution is -2.40. The summed E-state index contributed by atoms with van der Waals surface area (Å²) in [6.07, 6.45) is -0.505. The Kier molecular flexibility index (Phi) is 6.07. The molecule has 1 aromatic rings. The third-order valence-corrected chi connectivity index (χ3v) is 4.60. The molecular formula is C14H19NO6S. The van der Waals surface area contributed by atoms with E-state index in [1.165, 1.54) is 24.3 Å². The lowest BCUT2D eigenvalue weighted by atomic mass is 10.0. The van der Waals surface area contributed by atoms with E-state index in [0.717, 1.165) is 0 Å². The normalized spacial score (nSPS) is 13.0. The van der Waals surface area contributed by atoms with E-state index >= 15 is 0 Å². The number of carboxylic acid groups (broad SMARTS) is 2. The lowest BCUT2D eigenvalue weighted by molar-refractivity contribution is -0.138. The quantitative estimate of drug-likeness (QED) is 0.656. The monoisotopic (exact) mass is 329 g/mol. The van der Waals surface area contributed by atoms with Gasteiger partial charge in [-0.05, 0) is 23.6 Å². The number of rotatable bonds is 8. The van der Waals surface area contributed by atoms with Crippen LogP contribution in [0.4, 0.5) is 0 Å². The first kappa shape index (κ1) is 18.1. The number of carbonyl (C=O) groups is 2. The predicted molar refractivity (Wildman–Crippen MR) is 79.0 cm³/mol. The second-order valence-electron chi connectivity index (χ2n) is 5.28. The average molecular weight is 329 g/mol. The summed E-state index contributed by atoms with van der Waals surface area (Å²) in [5.74, 6) is -2.27. The zero-order valence-electron chi connectivity index (χ0n) is 12.3. The molecule has 3 N–H and O–H groups in total. The van der Waals surface area contributed by atoms with Crippen LogP contribution in [0.3, 0.4) is 0 Å². The molecule has 0 spiro atoms. The molecular weight excluding hydrogens is 310 g/mol. The number of hydrogen-bond acceptors (Lipinski definition) is 4. The SMILES string of the molecule is CC(C)[C@@H](CC(=O)O)NS(=O)(=O)c1ccc(CC(=O)O)cc1. The summed E-state index contributed by atoms with van der Waals surface area (Å²) in [5.41, 5.74) is 0.484. The van der Waals surface area contributed by atoms with Crippen LogP contribution in [0.25, 0.3) is 0 Å². The highest BCUT2D eigenvalue weighted by Gasteiger charge is 2.24. The van der Waals surface area contributed by atoms with Crippen molar-refractivity contribution in [3.63, 3.8) is 0 Å². The van der Waals surface area contributed by atoms with Crippen LogP contribution in [0.5, 0.6) is 0 Å². The van der Waals surface area contributed by atoms with Gasteiger partial charge in [0.15, 0.2) is 0 Å². The molecule has 22 heavy (non-hydrogen) atoms.